The predicted octanol–water partition coefficient (Wildman–Crippen LogP) is 2.33. The number of aryl methyl sites for hydroxylation is 1. The van der Waals surface area contributed by atoms with Crippen LogP contribution in [0.1, 0.15) is 4.88 Å². The minimum atomic E-state index is -0.743. The van der Waals surface area contributed by atoms with E-state index in [0.717, 1.165) is 11.3 Å². The van der Waals surface area contributed by atoms with Crippen LogP contribution in [0.2, 0.25) is 0 Å². The molecule has 0 nitrogen and oxygen atoms in total. The molecule has 0 unspecified atom stereocenters. The summed E-state index contributed by atoms with van der Waals surface area (Å²) < 4.78 is 24.0. The second-order valence-electron chi connectivity index (χ2n) is 1.48. The molecule has 0 saturated heterocycles. The molecular formula is C5H4F2S. The van der Waals surface area contributed by atoms with Crippen LogP contribution in [0.4, 0.5) is 8.78 Å². The molecule has 0 aromatic carbocycles. The fraction of sp³-hybridized carbons (Fsp3) is 0.200. The van der Waals surface area contributed by atoms with E-state index in [-0.39, 0.29) is 0 Å². The Morgan fingerprint density at radius 2 is 2.12 bits per heavy atom. The summed E-state index contributed by atoms with van der Waals surface area (Å²) in [6.07, 6.45) is 0. The van der Waals surface area contributed by atoms with E-state index < -0.39 is 10.9 Å². The van der Waals surface area contributed by atoms with E-state index in [0.29, 0.717) is 4.88 Å². The highest BCUT2D eigenvalue weighted by molar-refractivity contribution is 7.10. The molecule has 1 heterocycles. The fourth-order valence-corrected chi connectivity index (χ4v) is 1.06. The third kappa shape index (κ3) is 0.865. The monoisotopic (exact) mass is 134 g/mol. The van der Waals surface area contributed by atoms with Gasteiger partial charge in [-0.3, -0.25) is 0 Å². The molecule has 0 atom stereocenters. The maximum absolute atomic E-state index is 12.0. The van der Waals surface area contributed by atoms with Gasteiger partial charge in [-0.05, 0) is 13.0 Å². The first-order chi connectivity index (χ1) is 3.70. The summed E-state index contributed by atoms with van der Waals surface area (Å²) in [5, 5.41) is -0.720. The van der Waals surface area contributed by atoms with Gasteiger partial charge in [-0.1, -0.05) is 0 Å². The summed E-state index contributed by atoms with van der Waals surface area (Å²) in [7, 11) is 0. The van der Waals surface area contributed by atoms with Crippen molar-refractivity contribution in [3.05, 3.63) is 21.9 Å². The SMILES string of the molecule is Cc1cc(F)c(F)s1. The molecule has 0 spiro atoms. The molecule has 0 amide bonds. The molecule has 8 heavy (non-hydrogen) atoms. The van der Waals surface area contributed by atoms with Crippen molar-refractivity contribution in [3.63, 3.8) is 0 Å². The molecule has 0 aliphatic carbocycles. The van der Waals surface area contributed by atoms with E-state index in [1.165, 1.54) is 6.07 Å². The molecule has 0 saturated carbocycles. The van der Waals surface area contributed by atoms with Gasteiger partial charge in [0.1, 0.15) is 0 Å². The Bertz CT molecular complexity index is 173. The molecule has 1 aromatic rings. The van der Waals surface area contributed by atoms with E-state index in [9.17, 15) is 8.78 Å². The van der Waals surface area contributed by atoms with Crippen LogP contribution >= 0.6 is 11.3 Å². The number of rotatable bonds is 0. The molecule has 44 valence electrons. The minimum absolute atomic E-state index is 0.667. The van der Waals surface area contributed by atoms with Crippen LogP contribution in [0.3, 0.4) is 0 Å². The topological polar surface area (TPSA) is 0 Å². The maximum Gasteiger partial charge on any atom is 0.212 e. The number of hydrogen-bond acceptors (Lipinski definition) is 1. The Hall–Kier alpha value is -0.440. The average molecular weight is 134 g/mol. The van der Waals surface area contributed by atoms with Gasteiger partial charge >= 0.3 is 0 Å². The molecule has 0 aliphatic heterocycles. The Balaban J connectivity index is 3.14. The lowest BCUT2D eigenvalue weighted by atomic mass is 10.5. The summed E-state index contributed by atoms with van der Waals surface area (Å²) >= 11 is 0.828. The summed E-state index contributed by atoms with van der Waals surface area (Å²) in [6, 6.07) is 1.18. The maximum atomic E-state index is 12.0. The summed E-state index contributed by atoms with van der Waals surface area (Å²) in [6.45, 7) is 1.66. The van der Waals surface area contributed by atoms with Crippen LogP contribution in [-0.2, 0) is 0 Å². The highest BCUT2D eigenvalue weighted by Crippen LogP contribution is 2.16. The second-order valence-corrected chi connectivity index (χ2v) is 2.69. The van der Waals surface area contributed by atoms with Crippen LogP contribution in [0, 0.1) is 17.9 Å². The van der Waals surface area contributed by atoms with Gasteiger partial charge in [0.2, 0.25) is 5.13 Å². The van der Waals surface area contributed by atoms with Crippen LogP contribution in [0.15, 0.2) is 6.07 Å². The third-order valence-corrected chi connectivity index (χ3v) is 1.58. The van der Waals surface area contributed by atoms with E-state index in [2.05, 4.69) is 0 Å². The molecule has 1 aromatic heterocycles. The van der Waals surface area contributed by atoms with Crippen molar-refractivity contribution in [2.45, 2.75) is 6.92 Å². The zero-order chi connectivity index (χ0) is 6.15. The molecule has 0 aliphatic rings. The fourth-order valence-electron chi connectivity index (χ4n) is 0.455. The number of thiophene rings is 1. The minimum Gasteiger partial charge on any atom is -0.203 e. The number of halogens is 2. The molecule has 0 bridgehead atoms. The van der Waals surface area contributed by atoms with Crippen molar-refractivity contribution in [3.8, 4) is 0 Å². The summed E-state index contributed by atoms with van der Waals surface area (Å²) in [5.74, 6) is -0.743. The summed E-state index contributed by atoms with van der Waals surface area (Å²) in [4.78, 5) is 0.667. The van der Waals surface area contributed by atoms with Gasteiger partial charge in [-0.2, -0.15) is 4.39 Å². The van der Waals surface area contributed by atoms with Gasteiger partial charge in [0.15, 0.2) is 5.82 Å². The van der Waals surface area contributed by atoms with Gasteiger partial charge in [0.05, 0.1) is 0 Å². The first-order valence-corrected chi connectivity index (χ1v) is 2.93. The lowest BCUT2D eigenvalue weighted by Gasteiger charge is -1.70. The quantitative estimate of drug-likeness (QED) is 0.511. The van der Waals surface area contributed by atoms with E-state index in [1.54, 1.807) is 6.92 Å². The molecule has 0 N–H and O–H groups in total. The third-order valence-electron chi connectivity index (χ3n) is 0.768. The normalized spacial score (nSPS) is 9.88. The van der Waals surface area contributed by atoms with Gasteiger partial charge in [0, 0.05) is 4.88 Å². The van der Waals surface area contributed by atoms with E-state index in [4.69, 9.17) is 0 Å². The van der Waals surface area contributed by atoms with Crippen LogP contribution < -0.4 is 0 Å². The van der Waals surface area contributed by atoms with E-state index in [1.807, 2.05) is 0 Å². The molecule has 3 heteroatoms. The van der Waals surface area contributed by atoms with Crippen LogP contribution in [0.5, 0.6) is 0 Å². The van der Waals surface area contributed by atoms with Gasteiger partial charge < -0.3 is 0 Å². The predicted molar refractivity (Wildman–Crippen MR) is 29.0 cm³/mol. The van der Waals surface area contributed by atoms with Gasteiger partial charge in [-0.25, -0.2) is 4.39 Å². The lowest BCUT2D eigenvalue weighted by Crippen LogP contribution is -1.64. The Kier molecular flexibility index (Phi) is 1.29. The van der Waals surface area contributed by atoms with Gasteiger partial charge in [-0.15, -0.1) is 11.3 Å². The zero-order valence-electron chi connectivity index (χ0n) is 4.24. The van der Waals surface area contributed by atoms with Crippen molar-refractivity contribution in [1.29, 1.82) is 0 Å². The summed E-state index contributed by atoms with van der Waals surface area (Å²) in [5.41, 5.74) is 0. The van der Waals surface area contributed by atoms with Crippen molar-refractivity contribution < 1.29 is 8.78 Å². The van der Waals surface area contributed by atoms with Gasteiger partial charge in [0.25, 0.3) is 0 Å². The van der Waals surface area contributed by atoms with Crippen molar-refractivity contribution in [1.82, 2.24) is 0 Å². The molecule has 0 radical (unpaired) electrons. The van der Waals surface area contributed by atoms with Crippen LogP contribution in [-0.4, -0.2) is 0 Å². The Labute approximate surface area is 49.8 Å². The lowest BCUT2D eigenvalue weighted by molar-refractivity contribution is 0.530. The second kappa shape index (κ2) is 1.82. The molecule has 0 fully saturated rings. The van der Waals surface area contributed by atoms with Crippen LogP contribution in [0.25, 0.3) is 0 Å². The largest absolute Gasteiger partial charge is 0.212 e. The van der Waals surface area contributed by atoms with Crippen molar-refractivity contribution in [2.24, 2.45) is 0 Å². The van der Waals surface area contributed by atoms with Crippen molar-refractivity contribution >= 4 is 11.3 Å². The average Bonchev–Trinajstić information content (AvgIpc) is 1.85. The zero-order valence-corrected chi connectivity index (χ0v) is 5.06. The standard InChI is InChI=1S/C5H4F2S/c1-3-2-4(6)5(7)8-3/h2H,1H3. The molecular weight excluding hydrogens is 130 g/mol. The Morgan fingerprint density at radius 1 is 1.50 bits per heavy atom. The smallest absolute Gasteiger partial charge is 0.203 e. The highest BCUT2D eigenvalue weighted by atomic mass is 32.1. The first kappa shape index (κ1) is 5.69. The van der Waals surface area contributed by atoms with E-state index >= 15 is 0 Å². The van der Waals surface area contributed by atoms with Crippen molar-refractivity contribution in [2.75, 3.05) is 0 Å². The first-order valence-electron chi connectivity index (χ1n) is 2.11. The Morgan fingerprint density at radius 3 is 2.25 bits per heavy atom. The number of hydrogen-bond donors (Lipinski definition) is 0. The molecule has 1 rings (SSSR count). The highest BCUT2D eigenvalue weighted by Gasteiger charge is 2.02.